The molecule has 1 aliphatic rings. The Labute approximate surface area is 205 Å². The van der Waals surface area contributed by atoms with Gasteiger partial charge in [-0.15, -0.1) is 0 Å². The zero-order valence-corrected chi connectivity index (χ0v) is 20.1. The molecule has 1 atom stereocenters. The number of hydrogen-bond acceptors (Lipinski definition) is 6. The second kappa shape index (κ2) is 10.4. The lowest BCUT2D eigenvalue weighted by molar-refractivity contribution is 0.0620. The standard InChI is InChI=1S/C27H32N6O2/c1-2-21(33-18-30-24-25(33)22-7-3-4-8-23(22)31-26(24)28)17-35-15-11-19-9-13-32(14-10-19)27(34)20-6-5-12-29-16-20/h3-8,12,16,18-19,21H,2,9-11,13-15,17H2,1H3,(H2,28,31). The van der Waals surface area contributed by atoms with Gasteiger partial charge in [-0.3, -0.25) is 9.78 Å². The van der Waals surface area contributed by atoms with Crippen LogP contribution < -0.4 is 5.73 Å². The number of aromatic nitrogens is 4. The molecule has 5 rings (SSSR count). The van der Waals surface area contributed by atoms with Crippen molar-refractivity contribution < 1.29 is 9.53 Å². The second-order valence-electron chi connectivity index (χ2n) is 9.27. The molecular weight excluding hydrogens is 440 g/mol. The lowest BCUT2D eigenvalue weighted by Crippen LogP contribution is -2.38. The van der Waals surface area contributed by atoms with Crippen LogP contribution in [-0.4, -0.2) is 56.6 Å². The number of carbonyl (C=O) groups excluding carboxylic acids is 1. The van der Waals surface area contributed by atoms with E-state index in [1.165, 1.54) is 0 Å². The number of fused-ring (bicyclic) bond motifs is 3. The average molecular weight is 473 g/mol. The second-order valence-corrected chi connectivity index (χ2v) is 9.27. The first-order valence-corrected chi connectivity index (χ1v) is 12.4. The van der Waals surface area contributed by atoms with Crippen LogP contribution in [0.25, 0.3) is 21.9 Å². The Morgan fingerprint density at radius 2 is 2.03 bits per heavy atom. The fourth-order valence-electron chi connectivity index (χ4n) is 5.01. The Balaban J connectivity index is 1.15. The summed E-state index contributed by atoms with van der Waals surface area (Å²) in [4.78, 5) is 27.7. The van der Waals surface area contributed by atoms with Gasteiger partial charge in [-0.25, -0.2) is 9.97 Å². The number of hydrogen-bond donors (Lipinski definition) is 1. The van der Waals surface area contributed by atoms with Gasteiger partial charge in [0.05, 0.1) is 35.6 Å². The highest BCUT2D eigenvalue weighted by Crippen LogP contribution is 2.30. The van der Waals surface area contributed by atoms with E-state index in [4.69, 9.17) is 10.5 Å². The van der Waals surface area contributed by atoms with Gasteiger partial charge in [0.2, 0.25) is 0 Å². The summed E-state index contributed by atoms with van der Waals surface area (Å²) >= 11 is 0. The molecule has 2 N–H and O–H groups in total. The fourth-order valence-corrected chi connectivity index (χ4v) is 5.01. The Kier molecular flexibility index (Phi) is 6.90. The zero-order valence-electron chi connectivity index (χ0n) is 20.1. The van der Waals surface area contributed by atoms with E-state index in [2.05, 4.69) is 32.5 Å². The summed E-state index contributed by atoms with van der Waals surface area (Å²) in [5.41, 5.74) is 9.51. The first-order chi connectivity index (χ1) is 17.2. The normalized spacial score (nSPS) is 15.6. The molecule has 1 amide bonds. The van der Waals surface area contributed by atoms with Crippen LogP contribution in [-0.2, 0) is 4.74 Å². The summed E-state index contributed by atoms with van der Waals surface area (Å²) in [7, 11) is 0. The van der Waals surface area contributed by atoms with E-state index < -0.39 is 0 Å². The molecule has 0 spiro atoms. The van der Waals surface area contributed by atoms with Gasteiger partial charge >= 0.3 is 0 Å². The van der Waals surface area contributed by atoms with Gasteiger partial charge in [0.1, 0.15) is 5.52 Å². The Hall–Kier alpha value is -3.52. The van der Waals surface area contributed by atoms with Crippen LogP contribution in [0.2, 0.25) is 0 Å². The number of amides is 1. The van der Waals surface area contributed by atoms with Crippen molar-refractivity contribution in [3.05, 3.63) is 60.7 Å². The zero-order chi connectivity index (χ0) is 24.2. The van der Waals surface area contributed by atoms with Crippen molar-refractivity contribution in [2.45, 2.75) is 38.6 Å². The maximum Gasteiger partial charge on any atom is 0.255 e. The molecule has 4 aromatic rings. The number of likely N-dealkylation sites (tertiary alicyclic amines) is 1. The number of para-hydroxylation sites is 1. The SMILES string of the molecule is CCC(COCCC1CCN(C(=O)c2cccnc2)CC1)n1cnc2c(N)nc3ccccc3c21. The number of nitrogens with zero attached hydrogens (tertiary/aromatic N) is 5. The fraction of sp³-hybridized carbons (Fsp3) is 0.407. The summed E-state index contributed by atoms with van der Waals surface area (Å²) in [6.45, 7) is 5.09. The lowest BCUT2D eigenvalue weighted by atomic mass is 9.93. The summed E-state index contributed by atoms with van der Waals surface area (Å²) < 4.78 is 8.36. The number of nitrogens with two attached hydrogens (primary N) is 1. The summed E-state index contributed by atoms with van der Waals surface area (Å²) in [5.74, 6) is 1.12. The minimum absolute atomic E-state index is 0.0782. The molecule has 1 aromatic carbocycles. The molecule has 0 saturated carbocycles. The molecule has 1 fully saturated rings. The molecule has 0 bridgehead atoms. The van der Waals surface area contributed by atoms with Crippen LogP contribution in [0.1, 0.15) is 49.0 Å². The first kappa shape index (κ1) is 23.2. The molecule has 1 saturated heterocycles. The predicted molar refractivity (Wildman–Crippen MR) is 137 cm³/mol. The Morgan fingerprint density at radius 1 is 1.20 bits per heavy atom. The van der Waals surface area contributed by atoms with Gasteiger partial charge < -0.3 is 19.9 Å². The van der Waals surface area contributed by atoms with Crippen molar-refractivity contribution >= 4 is 33.7 Å². The number of ether oxygens (including phenoxy) is 1. The number of carbonyl (C=O) groups is 1. The quantitative estimate of drug-likeness (QED) is 0.380. The van der Waals surface area contributed by atoms with Gasteiger partial charge in [-0.1, -0.05) is 25.1 Å². The van der Waals surface area contributed by atoms with Gasteiger partial charge in [-0.2, -0.15) is 0 Å². The van der Waals surface area contributed by atoms with E-state index in [9.17, 15) is 4.79 Å². The molecule has 8 nitrogen and oxygen atoms in total. The maximum absolute atomic E-state index is 12.6. The number of rotatable bonds is 8. The highest BCUT2D eigenvalue weighted by molar-refractivity contribution is 6.06. The third-order valence-corrected chi connectivity index (χ3v) is 7.09. The molecule has 1 aliphatic heterocycles. The van der Waals surface area contributed by atoms with Crippen molar-refractivity contribution in [2.75, 3.05) is 32.0 Å². The van der Waals surface area contributed by atoms with Crippen molar-refractivity contribution in [1.29, 1.82) is 0 Å². The topological polar surface area (TPSA) is 99.2 Å². The number of piperidine rings is 1. The molecule has 4 heterocycles. The summed E-state index contributed by atoms with van der Waals surface area (Å²) in [6.07, 6.45) is 9.15. The van der Waals surface area contributed by atoms with E-state index in [1.807, 2.05) is 41.6 Å². The summed E-state index contributed by atoms with van der Waals surface area (Å²) in [5, 5.41) is 1.06. The molecular formula is C27H32N6O2. The molecule has 0 radical (unpaired) electrons. The van der Waals surface area contributed by atoms with Crippen LogP contribution in [0.5, 0.6) is 0 Å². The minimum Gasteiger partial charge on any atom is -0.382 e. The summed E-state index contributed by atoms with van der Waals surface area (Å²) in [6, 6.07) is 11.9. The smallest absolute Gasteiger partial charge is 0.255 e. The number of benzene rings is 1. The van der Waals surface area contributed by atoms with Crippen molar-refractivity contribution in [1.82, 2.24) is 24.4 Å². The minimum atomic E-state index is 0.0782. The van der Waals surface area contributed by atoms with Crippen molar-refractivity contribution in [3.8, 4) is 0 Å². The largest absolute Gasteiger partial charge is 0.382 e. The molecule has 35 heavy (non-hydrogen) atoms. The lowest BCUT2D eigenvalue weighted by Gasteiger charge is -2.32. The molecule has 0 aliphatic carbocycles. The molecule has 1 unspecified atom stereocenters. The van der Waals surface area contributed by atoms with Crippen LogP contribution in [0.3, 0.4) is 0 Å². The number of nitrogen functional groups attached to an aromatic ring is 1. The van der Waals surface area contributed by atoms with E-state index in [1.54, 1.807) is 12.4 Å². The maximum atomic E-state index is 12.6. The van der Waals surface area contributed by atoms with Crippen molar-refractivity contribution in [2.24, 2.45) is 5.92 Å². The van der Waals surface area contributed by atoms with E-state index in [0.717, 1.165) is 67.3 Å². The third kappa shape index (κ3) is 4.84. The van der Waals surface area contributed by atoms with Crippen molar-refractivity contribution in [3.63, 3.8) is 0 Å². The van der Waals surface area contributed by atoms with Crippen LogP contribution in [0.4, 0.5) is 5.82 Å². The van der Waals surface area contributed by atoms with Gasteiger partial charge in [0, 0.05) is 37.5 Å². The van der Waals surface area contributed by atoms with Gasteiger partial charge in [0.15, 0.2) is 5.82 Å². The number of pyridine rings is 2. The monoisotopic (exact) mass is 472 g/mol. The molecule has 8 heteroatoms. The molecule has 3 aromatic heterocycles. The van der Waals surface area contributed by atoms with Gasteiger partial charge in [-0.05, 0) is 49.8 Å². The Bertz CT molecular complexity index is 1300. The highest BCUT2D eigenvalue weighted by atomic mass is 16.5. The predicted octanol–water partition coefficient (Wildman–Crippen LogP) is 4.47. The van der Waals surface area contributed by atoms with E-state index in [-0.39, 0.29) is 11.9 Å². The number of anilines is 1. The highest BCUT2D eigenvalue weighted by Gasteiger charge is 2.24. The van der Waals surface area contributed by atoms with Crippen LogP contribution in [0, 0.1) is 5.92 Å². The van der Waals surface area contributed by atoms with Crippen LogP contribution >= 0.6 is 0 Å². The number of imidazole rings is 1. The molecule has 182 valence electrons. The van der Waals surface area contributed by atoms with Gasteiger partial charge in [0.25, 0.3) is 5.91 Å². The van der Waals surface area contributed by atoms with E-state index in [0.29, 0.717) is 23.9 Å². The first-order valence-electron chi connectivity index (χ1n) is 12.4. The van der Waals surface area contributed by atoms with Crippen LogP contribution in [0.15, 0.2) is 55.1 Å². The average Bonchev–Trinajstić information content (AvgIpc) is 3.35. The Morgan fingerprint density at radius 3 is 2.80 bits per heavy atom. The third-order valence-electron chi connectivity index (χ3n) is 7.09. The van der Waals surface area contributed by atoms with E-state index >= 15 is 0 Å².